The highest BCUT2D eigenvalue weighted by Gasteiger charge is 2.16. The predicted octanol–water partition coefficient (Wildman–Crippen LogP) is 2.35. The monoisotopic (exact) mass is 282 g/mol. The molecule has 1 N–H and O–H groups in total. The van der Waals surface area contributed by atoms with E-state index < -0.39 is 10.0 Å². The third kappa shape index (κ3) is 4.15. The van der Waals surface area contributed by atoms with Gasteiger partial charge in [0.05, 0.1) is 22.7 Å². The lowest BCUT2D eigenvalue weighted by Crippen LogP contribution is -2.22. The van der Waals surface area contributed by atoms with Crippen LogP contribution in [0.1, 0.15) is 6.92 Å². The van der Waals surface area contributed by atoms with Crippen molar-refractivity contribution in [2.75, 3.05) is 16.4 Å². The molecule has 0 spiro atoms. The van der Waals surface area contributed by atoms with Crippen molar-refractivity contribution in [3.8, 4) is 0 Å². The van der Waals surface area contributed by atoms with Crippen molar-refractivity contribution in [1.29, 1.82) is 0 Å². The number of anilines is 1. The van der Waals surface area contributed by atoms with E-state index in [4.69, 9.17) is 23.2 Å². The Morgan fingerprint density at radius 2 is 2.25 bits per heavy atom. The molecule has 1 aromatic rings. The number of sulfonamides is 1. The average Bonchev–Trinajstić information content (AvgIpc) is 2.20. The number of hydrogen-bond donors (Lipinski definition) is 1. The molecule has 0 aliphatic rings. The molecule has 1 unspecified atom stereocenters. The molecule has 0 radical (unpaired) electrons. The zero-order valence-corrected chi connectivity index (χ0v) is 11.0. The van der Waals surface area contributed by atoms with Gasteiger partial charge in [0.15, 0.2) is 0 Å². The van der Waals surface area contributed by atoms with E-state index in [9.17, 15) is 8.42 Å². The van der Waals surface area contributed by atoms with Gasteiger partial charge >= 0.3 is 0 Å². The summed E-state index contributed by atoms with van der Waals surface area (Å²) in [6.07, 6.45) is 2.85. The highest BCUT2D eigenvalue weighted by Crippen LogP contribution is 2.20. The first-order valence-electron chi connectivity index (χ1n) is 4.60. The van der Waals surface area contributed by atoms with Gasteiger partial charge in [0.25, 0.3) is 0 Å². The molecule has 0 aliphatic heterocycles. The van der Waals surface area contributed by atoms with E-state index in [0.717, 1.165) is 0 Å². The quantitative estimate of drug-likeness (QED) is 0.844. The zero-order chi connectivity index (χ0) is 12.2. The second kappa shape index (κ2) is 5.70. The van der Waals surface area contributed by atoms with Gasteiger partial charge in [0.2, 0.25) is 10.0 Å². The number of hydrogen-bond acceptors (Lipinski definition) is 3. The maximum atomic E-state index is 11.7. The standard InChI is InChI=1S/C9H12Cl2N2O2S/c1-7(4-10)6-16(14,15)13-9-5-12-3-2-8(9)11/h2-3,5,7,13H,4,6H2,1H3. The largest absolute Gasteiger partial charge is 0.280 e. The van der Waals surface area contributed by atoms with Crippen LogP contribution in [0.5, 0.6) is 0 Å². The lowest BCUT2D eigenvalue weighted by molar-refractivity contribution is 0.588. The van der Waals surface area contributed by atoms with Gasteiger partial charge in [-0.1, -0.05) is 18.5 Å². The lowest BCUT2D eigenvalue weighted by Gasteiger charge is -2.11. The topological polar surface area (TPSA) is 59.1 Å². The van der Waals surface area contributed by atoms with E-state index in [1.165, 1.54) is 18.5 Å². The maximum absolute atomic E-state index is 11.7. The summed E-state index contributed by atoms with van der Waals surface area (Å²) >= 11 is 11.4. The number of alkyl halides is 1. The van der Waals surface area contributed by atoms with Gasteiger partial charge in [0.1, 0.15) is 0 Å². The summed E-state index contributed by atoms with van der Waals surface area (Å²) in [7, 11) is -3.43. The summed E-state index contributed by atoms with van der Waals surface area (Å²) in [6.45, 7) is 1.76. The molecule has 4 nitrogen and oxygen atoms in total. The van der Waals surface area contributed by atoms with Crippen molar-refractivity contribution >= 4 is 38.9 Å². The van der Waals surface area contributed by atoms with Gasteiger partial charge in [0, 0.05) is 12.1 Å². The molecule has 0 aliphatic carbocycles. The Balaban J connectivity index is 2.77. The molecular formula is C9H12Cl2N2O2S. The molecule has 0 saturated carbocycles. The van der Waals surface area contributed by atoms with E-state index in [1.54, 1.807) is 6.92 Å². The Morgan fingerprint density at radius 3 is 2.81 bits per heavy atom. The first kappa shape index (κ1) is 13.5. The minimum absolute atomic E-state index is 0.0400. The van der Waals surface area contributed by atoms with Gasteiger partial charge in [-0.2, -0.15) is 0 Å². The van der Waals surface area contributed by atoms with Crippen LogP contribution in [-0.4, -0.2) is 25.0 Å². The Hall–Kier alpha value is -0.520. The minimum Gasteiger partial charge on any atom is -0.280 e. The number of rotatable bonds is 5. The summed E-state index contributed by atoms with van der Waals surface area (Å²) in [6, 6.07) is 1.52. The average molecular weight is 283 g/mol. The highest BCUT2D eigenvalue weighted by molar-refractivity contribution is 7.92. The number of pyridine rings is 1. The third-order valence-electron chi connectivity index (χ3n) is 1.80. The molecule has 1 rings (SSSR count). The molecule has 1 atom stereocenters. The summed E-state index contributed by atoms with van der Waals surface area (Å²) in [5, 5.41) is 0.317. The summed E-state index contributed by atoms with van der Waals surface area (Å²) < 4.78 is 25.7. The Morgan fingerprint density at radius 1 is 1.56 bits per heavy atom. The second-order valence-electron chi connectivity index (χ2n) is 3.50. The smallest absolute Gasteiger partial charge is 0.233 e. The van der Waals surface area contributed by atoms with Gasteiger partial charge in [-0.3, -0.25) is 9.71 Å². The maximum Gasteiger partial charge on any atom is 0.233 e. The van der Waals surface area contributed by atoms with Crippen molar-refractivity contribution in [3.63, 3.8) is 0 Å². The van der Waals surface area contributed by atoms with Crippen molar-refractivity contribution < 1.29 is 8.42 Å². The van der Waals surface area contributed by atoms with E-state index >= 15 is 0 Å². The molecule has 0 aromatic carbocycles. The Bertz CT molecular complexity index is 451. The minimum atomic E-state index is -3.43. The van der Waals surface area contributed by atoms with Gasteiger partial charge in [-0.25, -0.2) is 8.42 Å². The van der Waals surface area contributed by atoms with E-state index in [1.807, 2.05) is 0 Å². The first-order valence-corrected chi connectivity index (χ1v) is 7.17. The molecule has 16 heavy (non-hydrogen) atoms. The number of halogens is 2. The lowest BCUT2D eigenvalue weighted by atomic mass is 10.3. The zero-order valence-electron chi connectivity index (χ0n) is 8.65. The van der Waals surface area contributed by atoms with Crippen LogP contribution in [-0.2, 0) is 10.0 Å². The number of nitrogens with one attached hydrogen (secondary N) is 1. The molecule has 0 saturated heterocycles. The summed E-state index contributed by atoms with van der Waals surface area (Å²) in [4.78, 5) is 3.79. The van der Waals surface area contributed by atoms with Crippen LogP contribution in [0.4, 0.5) is 5.69 Å². The van der Waals surface area contributed by atoms with Crippen molar-refractivity contribution in [2.24, 2.45) is 5.92 Å². The molecular weight excluding hydrogens is 271 g/mol. The Labute approximate surface area is 105 Å². The van der Waals surface area contributed by atoms with Crippen LogP contribution in [0, 0.1) is 5.92 Å². The molecule has 0 bridgehead atoms. The number of nitrogens with zero attached hydrogens (tertiary/aromatic N) is 1. The number of aromatic nitrogens is 1. The van der Waals surface area contributed by atoms with Crippen molar-refractivity contribution in [2.45, 2.75) is 6.92 Å². The molecule has 90 valence electrons. The fourth-order valence-corrected chi connectivity index (χ4v) is 2.98. The molecule has 7 heteroatoms. The first-order chi connectivity index (χ1) is 7.44. The SMILES string of the molecule is CC(CCl)CS(=O)(=O)Nc1cnccc1Cl. The van der Waals surface area contributed by atoms with E-state index in [-0.39, 0.29) is 17.4 Å². The van der Waals surface area contributed by atoms with Crippen molar-refractivity contribution in [1.82, 2.24) is 4.98 Å². The molecule has 1 heterocycles. The van der Waals surface area contributed by atoms with Crippen molar-refractivity contribution in [3.05, 3.63) is 23.5 Å². The Kier molecular flexibility index (Phi) is 4.83. The highest BCUT2D eigenvalue weighted by atomic mass is 35.5. The fraction of sp³-hybridized carbons (Fsp3) is 0.444. The van der Waals surface area contributed by atoms with Crippen LogP contribution in [0.15, 0.2) is 18.5 Å². The fourth-order valence-electron chi connectivity index (χ4n) is 1.08. The van der Waals surface area contributed by atoms with Gasteiger partial charge in [-0.05, 0) is 12.0 Å². The summed E-state index contributed by atoms with van der Waals surface area (Å²) in [5.74, 6) is 0.137. The van der Waals surface area contributed by atoms with Crippen LogP contribution in [0.2, 0.25) is 5.02 Å². The van der Waals surface area contributed by atoms with Gasteiger partial charge < -0.3 is 0 Å². The van der Waals surface area contributed by atoms with Gasteiger partial charge in [-0.15, -0.1) is 11.6 Å². The third-order valence-corrected chi connectivity index (χ3v) is 4.20. The summed E-state index contributed by atoms with van der Waals surface area (Å²) in [5.41, 5.74) is 0.283. The van der Waals surface area contributed by atoms with E-state index in [2.05, 4.69) is 9.71 Å². The molecule has 0 fully saturated rings. The normalized spacial score (nSPS) is 13.4. The van der Waals surface area contributed by atoms with Crippen LogP contribution in [0.25, 0.3) is 0 Å². The van der Waals surface area contributed by atoms with Crippen LogP contribution >= 0.6 is 23.2 Å². The molecule has 1 aromatic heterocycles. The second-order valence-corrected chi connectivity index (χ2v) is 5.98. The van der Waals surface area contributed by atoms with E-state index in [0.29, 0.717) is 10.9 Å². The molecule has 0 amide bonds. The predicted molar refractivity (Wildman–Crippen MR) is 66.5 cm³/mol. The van der Waals surface area contributed by atoms with Crippen LogP contribution < -0.4 is 4.72 Å². The van der Waals surface area contributed by atoms with Crippen LogP contribution in [0.3, 0.4) is 0 Å².